The number of nitrogens with zero attached hydrogens (tertiary/aromatic N) is 3. The van der Waals surface area contributed by atoms with E-state index in [9.17, 15) is 4.79 Å². The Morgan fingerprint density at radius 2 is 1.80 bits per heavy atom. The van der Waals surface area contributed by atoms with E-state index < -0.39 is 0 Å². The van der Waals surface area contributed by atoms with E-state index in [2.05, 4.69) is 28.7 Å². The van der Waals surface area contributed by atoms with Gasteiger partial charge in [0.1, 0.15) is 5.82 Å². The molecule has 0 aliphatic heterocycles. The zero-order valence-electron chi connectivity index (χ0n) is 9.74. The summed E-state index contributed by atoms with van der Waals surface area (Å²) >= 11 is 0. The molecule has 0 spiro atoms. The molecule has 0 aliphatic rings. The molecule has 0 aromatic carbocycles. The monoisotopic (exact) mass is 207 g/mol. The molecule has 0 unspecified atom stereocenters. The summed E-state index contributed by atoms with van der Waals surface area (Å²) in [6.45, 7) is 9.79. The summed E-state index contributed by atoms with van der Waals surface area (Å²) in [6, 6.07) is 0. The Hall–Kier alpha value is -1.45. The molecule has 4 nitrogen and oxygen atoms in total. The van der Waals surface area contributed by atoms with Gasteiger partial charge in [-0.1, -0.05) is 0 Å². The van der Waals surface area contributed by atoms with Gasteiger partial charge in [0.15, 0.2) is 12.1 Å². The van der Waals surface area contributed by atoms with Crippen LogP contribution in [-0.4, -0.2) is 29.3 Å². The molecule has 15 heavy (non-hydrogen) atoms. The van der Waals surface area contributed by atoms with Gasteiger partial charge >= 0.3 is 0 Å². The fourth-order valence-corrected chi connectivity index (χ4v) is 1.52. The number of hydrogen-bond acceptors (Lipinski definition) is 4. The van der Waals surface area contributed by atoms with Crippen LogP contribution in [0.2, 0.25) is 0 Å². The van der Waals surface area contributed by atoms with Crippen molar-refractivity contribution in [3.8, 4) is 0 Å². The normalized spacial score (nSPS) is 10.1. The van der Waals surface area contributed by atoms with Crippen LogP contribution in [0.25, 0.3) is 0 Å². The summed E-state index contributed by atoms with van der Waals surface area (Å²) in [7, 11) is 0. The van der Waals surface area contributed by atoms with Gasteiger partial charge in [0.25, 0.3) is 0 Å². The maximum Gasteiger partial charge on any atom is 0.194 e. The fraction of sp³-hybridized carbons (Fsp3) is 0.545. The lowest BCUT2D eigenvalue weighted by Gasteiger charge is -2.22. The molecule has 0 saturated heterocycles. The maximum atomic E-state index is 10.7. The number of carbonyl (C=O) groups is 1. The number of aldehydes is 1. The Morgan fingerprint density at radius 1 is 1.20 bits per heavy atom. The van der Waals surface area contributed by atoms with Crippen molar-refractivity contribution in [3.63, 3.8) is 0 Å². The van der Waals surface area contributed by atoms with Crippen molar-refractivity contribution in [1.29, 1.82) is 0 Å². The van der Waals surface area contributed by atoms with E-state index in [0.717, 1.165) is 30.2 Å². The van der Waals surface area contributed by atoms with Crippen LogP contribution in [0.1, 0.15) is 35.7 Å². The first-order valence-corrected chi connectivity index (χ1v) is 5.19. The highest BCUT2D eigenvalue weighted by Crippen LogP contribution is 2.18. The van der Waals surface area contributed by atoms with Crippen molar-refractivity contribution < 1.29 is 4.79 Å². The van der Waals surface area contributed by atoms with Crippen molar-refractivity contribution >= 4 is 12.1 Å². The molecule has 0 amide bonds. The Kier molecular flexibility index (Phi) is 3.77. The van der Waals surface area contributed by atoms with Gasteiger partial charge in [-0.25, -0.2) is 9.97 Å². The molecule has 0 saturated carbocycles. The Bertz CT molecular complexity index is 359. The van der Waals surface area contributed by atoms with Gasteiger partial charge in [-0.15, -0.1) is 0 Å². The molecule has 1 aromatic rings. The number of hydrogen-bond donors (Lipinski definition) is 0. The summed E-state index contributed by atoms with van der Waals surface area (Å²) in [6.07, 6.45) is 0.694. The van der Waals surface area contributed by atoms with Crippen molar-refractivity contribution in [2.75, 3.05) is 18.0 Å². The third-order valence-electron chi connectivity index (χ3n) is 2.55. The zero-order chi connectivity index (χ0) is 11.4. The molecule has 0 N–H and O–H groups in total. The van der Waals surface area contributed by atoms with Gasteiger partial charge in [0, 0.05) is 24.3 Å². The van der Waals surface area contributed by atoms with Crippen LogP contribution in [0.15, 0.2) is 0 Å². The SMILES string of the molecule is CCN(CC)c1nc(C=O)nc(C)c1C. The van der Waals surface area contributed by atoms with Gasteiger partial charge in [-0.3, -0.25) is 4.79 Å². The van der Waals surface area contributed by atoms with Crippen LogP contribution < -0.4 is 4.90 Å². The maximum absolute atomic E-state index is 10.7. The average molecular weight is 207 g/mol. The topological polar surface area (TPSA) is 46.1 Å². The number of rotatable bonds is 4. The van der Waals surface area contributed by atoms with Gasteiger partial charge < -0.3 is 4.90 Å². The standard InChI is InChI=1S/C11H17N3O/c1-5-14(6-2)11-8(3)9(4)12-10(7-15)13-11/h7H,5-6H2,1-4H3. The zero-order valence-corrected chi connectivity index (χ0v) is 9.74. The molecular formula is C11H17N3O. The van der Waals surface area contributed by atoms with E-state index in [1.807, 2.05) is 13.8 Å². The average Bonchev–Trinajstić information content (AvgIpc) is 2.25. The molecule has 0 aliphatic carbocycles. The summed E-state index contributed by atoms with van der Waals surface area (Å²) < 4.78 is 0. The molecule has 0 bridgehead atoms. The van der Waals surface area contributed by atoms with Crippen molar-refractivity contribution in [3.05, 3.63) is 17.1 Å². The third-order valence-corrected chi connectivity index (χ3v) is 2.55. The Balaban J connectivity index is 3.25. The minimum absolute atomic E-state index is 0.264. The van der Waals surface area contributed by atoms with Crippen molar-refractivity contribution in [2.45, 2.75) is 27.7 Å². The lowest BCUT2D eigenvalue weighted by molar-refractivity contribution is 0.111. The lowest BCUT2D eigenvalue weighted by Crippen LogP contribution is -2.25. The predicted octanol–water partition coefficient (Wildman–Crippen LogP) is 1.75. The van der Waals surface area contributed by atoms with Crippen LogP contribution in [0.4, 0.5) is 5.82 Å². The van der Waals surface area contributed by atoms with Crippen molar-refractivity contribution in [1.82, 2.24) is 9.97 Å². The van der Waals surface area contributed by atoms with Gasteiger partial charge in [0.05, 0.1) is 0 Å². The Labute approximate surface area is 90.3 Å². The lowest BCUT2D eigenvalue weighted by atomic mass is 10.2. The molecular weight excluding hydrogens is 190 g/mol. The van der Waals surface area contributed by atoms with Gasteiger partial charge in [-0.2, -0.15) is 0 Å². The number of carbonyl (C=O) groups excluding carboxylic acids is 1. The van der Waals surface area contributed by atoms with E-state index in [1.54, 1.807) is 0 Å². The van der Waals surface area contributed by atoms with E-state index in [0.29, 0.717) is 6.29 Å². The highest BCUT2D eigenvalue weighted by Gasteiger charge is 2.11. The number of aromatic nitrogens is 2. The summed E-state index contributed by atoms with van der Waals surface area (Å²) in [5, 5.41) is 0. The summed E-state index contributed by atoms with van der Waals surface area (Å²) in [5.74, 6) is 1.13. The minimum atomic E-state index is 0.264. The van der Waals surface area contributed by atoms with Crippen LogP contribution in [0, 0.1) is 13.8 Å². The predicted molar refractivity (Wildman–Crippen MR) is 60.5 cm³/mol. The van der Waals surface area contributed by atoms with E-state index in [1.165, 1.54) is 0 Å². The molecule has 1 aromatic heterocycles. The summed E-state index contributed by atoms with van der Waals surface area (Å²) in [4.78, 5) is 21.1. The molecule has 1 heterocycles. The molecule has 4 heteroatoms. The second-order valence-electron chi connectivity index (χ2n) is 3.41. The Morgan fingerprint density at radius 3 is 2.27 bits per heavy atom. The fourth-order valence-electron chi connectivity index (χ4n) is 1.52. The second kappa shape index (κ2) is 4.87. The first kappa shape index (κ1) is 11.6. The van der Waals surface area contributed by atoms with E-state index >= 15 is 0 Å². The summed E-state index contributed by atoms with van der Waals surface area (Å²) in [5.41, 5.74) is 1.92. The molecule has 1 rings (SSSR count). The van der Waals surface area contributed by atoms with Crippen molar-refractivity contribution in [2.24, 2.45) is 0 Å². The van der Waals surface area contributed by atoms with Crippen LogP contribution in [-0.2, 0) is 0 Å². The van der Waals surface area contributed by atoms with E-state index in [4.69, 9.17) is 0 Å². The van der Waals surface area contributed by atoms with Crippen LogP contribution in [0.5, 0.6) is 0 Å². The van der Waals surface area contributed by atoms with E-state index in [-0.39, 0.29) is 5.82 Å². The number of anilines is 1. The molecule has 0 atom stereocenters. The second-order valence-corrected chi connectivity index (χ2v) is 3.41. The molecule has 0 fully saturated rings. The highest BCUT2D eigenvalue weighted by atomic mass is 16.1. The highest BCUT2D eigenvalue weighted by molar-refractivity contribution is 5.70. The smallest absolute Gasteiger partial charge is 0.194 e. The molecule has 82 valence electrons. The first-order chi connectivity index (χ1) is 7.13. The van der Waals surface area contributed by atoms with Gasteiger partial charge in [0.2, 0.25) is 0 Å². The number of aryl methyl sites for hydroxylation is 1. The quantitative estimate of drug-likeness (QED) is 0.706. The first-order valence-electron chi connectivity index (χ1n) is 5.19. The largest absolute Gasteiger partial charge is 0.357 e. The third kappa shape index (κ3) is 2.32. The minimum Gasteiger partial charge on any atom is -0.357 e. The van der Waals surface area contributed by atoms with Gasteiger partial charge in [-0.05, 0) is 27.7 Å². The molecule has 0 radical (unpaired) electrons. The van der Waals surface area contributed by atoms with Crippen LogP contribution in [0.3, 0.4) is 0 Å². The van der Waals surface area contributed by atoms with Crippen LogP contribution >= 0.6 is 0 Å².